The highest BCUT2D eigenvalue weighted by Crippen LogP contribution is 2.31. The minimum absolute atomic E-state index is 0.684. The standard InChI is InChI=1S/C10H9BrClN/c1-3-9(12)8-6-7(11)4-5-10(8)13-2/h3-6H,2H2,1H3/b9-3+. The lowest BCUT2D eigenvalue weighted by atomic mass is 10.1. The van der Waals surface area contributed by atoms with Crippen molar-refractivity contribution in [2.24, 2.45) is 4.99 Å². The smallest absolute Gasteiger partial charge is 0.0710 e. The molecule has 0 unspecified atom stereocenters. The van der Waals surface area contributed by atoms with E-state index >= 15 is 0 Å². The Morgan fingerprint density at radius 1 is 1.62 bits per heavy atom. The predicted octanol–water partition coefficient (Wildman–Crippen LogP) is 4.38. The lowest BCUT2D eigenvalue weighted by molar-refractivity contribution is 1.49. The van der Waals surface area contributed by atoms with E-state index in [2.05, 4.69) is 27.6 Å². The van der Waals surface area contributed by atoms with Crippen LogP contribution >= 0.6 is 27.5 Å². The second-order valence-electron chi connectivity index (χ2n) is 2.46. The molecule has 0 fully saturated rings. The van der Waals surface area contributed by atoms with Crippen LogP contribution in [0.4, 0.5) is 5.69 Å². The monoisotopic (exact) mass is 257 g/mol. The van der Waals surface area contributed by atoms with Crippen LogP contribution in [-0.4, -0.2) is 6.72 Å². The van der Waals surface area contributed by atoms with E-state index in [1.807, 2.05) is 31.2 Å². The number of allylic oxidation sites excluding steroid dienone is 1. The van der Waals surface area contributed by atoms with E-state index in [9.17, 15) is 0 Å². The third kappa shape index (κ3) is 2.42. The average Bonchev–Trinajstić information content (AvgIpc) is 2.16. The van der Waals surface area contributed by atoms with Crippen molar-refractivity contribution in [3.8, 4) is 0 Å². The first-order chi connectivity index (χ1) is 6.19. The molecule has 0 bridgehead atoms. The maximum absolute atomic E-state index is 6.00. The predicted molar refractivity (Wildman–Crippen MR) is 62.9 cm³/mol. The van der Waals surface area contributed by atoms with Gasteiger partial charge in [-0.3, -0.25) is 4.99 Å². The summed E-state index contributed by atoms with van der Waals surface area (Å²) in [6, 6.07) is 5.71. The molecule has 0 spiro atoms. The second kappa shape index (κ2) is 4.58. The number of nitrogens with zero attached hydrogens (tertiary/aromatic N) is 1. The van der Waals surface area contributed by atoms with E-state index in [0.29, 0.717) is 5.03 Å². The maximum atomic E-state index is 6.00. The second-order valence-corrected chi connectivity index (χ2v) is 3.78. The summed E-state index contributed by atoms with van der Waals surface area (Å²) in [5.41, 5.74) is 1.69. The van der Waals surface area contributed by atoms with Crippen molar-refractivity contribution in [1.82, 2.24) is 0 Å². The molecule has 0 aliphatic heterocycles. The molecule has 1 nitrogen and oxygen atoms in total. The number of halogens is 2. The van der Waals surface area contributed by atoms with Crippen molar-refractivity contribution >= 4 is 45.0 Å². The molecule has 0 amide bonds. The van der Waals surface area contributed by atoms with Gasteiger partial charge in [0, 0.05) is 15.1 Å². The fourth-order valence-corrected chi connectivity index (χ4v) is 1.51. The van der Waals surface area contributed by atoms with Crippen molar-refractivity contribution < 1.29 is 0 Å². The van der Waals surface area contributed by atoms with Crippen LogP contribution in [0.3, 0.4) is 0 Å². The Labute approximate surface area is 91.3 Å². The third-order valence-corrected chi connectivity index (χ3v) is 2.55. The van der Waals surface area contributed by atoms with E-state index < -0.39 is 0 Å². The molecule has 0 aromatic heterocycles. The van der Waals surface area contributed by atoms with Crippen LogP contribution in [0.25, 0.3) is 5.03 Å². The van der Waals surface area contributed by atoms with E-state index in [1.54, 1.807) is 0 Å². The van der Waals surface area contributed by atoms with Gasteiger partial charge in [-0.05, 0) is 31.8 Å². The zero-order valence-corrected chi connectivity index (χ0v) is 9.56. The zero-order chi connectivity index (χ0) is 9.84. The quantitative estimate of drug-likeness (QED) is 0.698. The van der Waals surface area contributed by atoms with E-state index in [1.165, 1.54) is 0 Å². The summed E-state index contributed by atoms with van der Waals surface area (Å²) in [4.78, 5) is 3.88. The number of hydrogen-bond donors (Lipinski definition) is 0. The molecule has 1 aromatic rings. The summed E-state index contributed by atoms with van der Waals surface area (Å²) in [6.07, 6.45) is 1.83. The van der Waals surface area contributed by atoms with Crippen LogP contribution in [0.5, 0.6) is 0 Å². The highest BCUT2D eigenvalue weighted by atomic mass is 79.9. The lowest BCUT2D eigenvalue weighted by Gasteiger charge is -2.03. The molecule has 13 heavy (non-hydrogen) atoms. The summed E-state index contributed by atoms with van der Waals surface area (Å²) in [5, 5.41) is 0.684. The van der Waals surface area contributed by atoms with Gasteiger partial charge < -0.3 is 0 Å². The summed E-state index contributed by atoms with van der Waals surface area (Å²) in [7, 11) is 0. The number of aliphatic imine (C=N–C) groups is 1. The molecule has 0 N–H and O–H groups in total. The molecular weight excluding hydrogens is 249 g/mol. The Hall–Kier alpha value is -0.600. The van der Waals surface area contributed by atoms with Crippen LogP contribution in [-0.2, 0) is 0 Å². The van der Waals surface area contributed by atoms with Crippen LogP contribution in [0.15, 0.2) is 33.7 Å². The van der Waals surface area contributed by atoms with Gasteiger partial charge in [0.2, 0.25) is 0 Å². The van der Waals surface area contributed by atoms with E-state index in [0.717, 1.165) is 15.7 Å². The molecule has 0 saturated carbocycles. The fourth-order valence-electron chi connectivity index (χ4n) is 0.993. The molecule has 1 rings (SSSR count). The molecule has 0 saturated heterocycles. The minimum atomic E-state index is 0.684. The Morgan fingerprint density at radius 3 is 2.85 bits per heavy atom. The zero-order valence-electron chi connectivity index (χ0n) is 7.22. The average molecular weight is 259 g/mol. The summed E-state index contributed by atoms with van der Waals surface area (Å²) in [6.45, 7) is 5.37. The molecule has 0 aliphatic rings. The van der Waals surface area contributed by atoms with Gasteiger partial charge in [0.15, 0.2) is 0 Å². The van der Waals surface area contributed by atoms with E-state index in [-0.39, 0.29) is 0 Å². The first-order valence-electron chi connectivity index (χ1n) is 3.77. The van der Waals surface area contributed by atoms with Gasteiger partial charge in [-0.2, -0.15) is 0 Å². The van der Waals surface area contributed by atoms with Crippen LogP contribution in [0.2, 0.25) is 0 Å². The van der Waals surface area contributed by atoms with Gasteiger partial charge in [-0.1, -0.05) is 33.6 Å². The minimum Gasteiger partial charge on any atom is -0.264 e. The largest absolute Gasteiger partial charge is 0.264 e. The van der Waals surface area contributed by atoms with Gasteiger partial charge >= 0.3 is 0 Å². The molecule has 0 radical (unpaired) electrons. The lowest BCUT2D eigenvalue weighted by Crippen LogP contribution is -1.78. The normalized spacial score (nSPS) is 11.5. The number of benzene rings is 1. The number of hydrogen-bond acceptors (Lipinski definition) is 1. The van der Waals surface area contributed by atoms with Crippen molar-refractivity contribution in [3.05, 3.63) is 34.3 Å². The Balaban J connectivity index is 3.31. The summed E-state index contributed by atoms with van der Waals surface area (Å²) >= 11 is 9.37. The van der Waals surface area contributed by atoms with Crippen molar-refractivity contribution in [3.63, 3.8) is 0 Å². The SMILES string of the molecule is C=Nc1ccc(Br)cc1/C(Cl)=C\C. The maximum Gasteiger partial charge on any atom is 0.0710 e. The van der Waals surface area contributed by atoms with Gasteiger partial charge in [-0.15, -0.1) is 0 Å². The Bertz CT molecular complexity index is 358. The topological polar surface area (TPSA) is 12.4 Å². The molecule has 0 atom stereocenters. The summed E-state index contributed by atoms with van der Waals surface area (Å²) < 4.78 is 0.981. The van der Waals surface area contributed by atoms with Crippen LogP contribution in [0.1, 0.15) is 12.5 Å². The molecule has 0 aliphatic carbocycles. The molecular formula is C10H9BrClN. The highest BCUT2D eigenvalue weighted by Gasteiger charge is 2.03. The first kappa shape index (κ1) is 10.5. The van der Waals surface area contributed by atoms with Gasteiger partial charge in [0.25, 0.3) is 0 Å². The van der Waals surface area contributed by atoms with Crippen LogP contribution in [0, 0.1) is 0 Å². The molecule has 1 aromatic carbocycles. The third-order valence-electron chi connectivity index (χ3n) is 1.64. The fraction of sp³-hybridized carbons (Fsp3) is 0.100. The van der Waals surface area contributed by atoms with Crippen molar-refractivity contribution in [1.29, 1.82) is 0 Å². The van der Waals surface area contributed by atoms with Gasteiger partial charge in [-0.25, -0.2) is 0 Å². The Morgan fingerprint density at radius 2 is 2.31 bits per heavy atom. The molecule has 68 valence electrons. The van der Waals surface area contributed by atoms with Gasteiger partial charge in [0.05, 0.1) is 5.69 Å². The highest BCUT2D eigenvalue weighted by molar-refractivity contribution is 9.10. The Kier molecular flexibility index (Phi) is 3.70. The first-order valence-corrected chi connectivity index (χ1v) is 4.94. The van der Waals surface area contributed by atoms with Gasteiger partial charge in [0.1, 0.15) is 0 Å². The summed E-state index contributed by atoms with van der Waals surface area (Å²) in [5.74, 6) is 0. The van der Waals surface area contributed by atoms with Crippen LogP contribution < -0.4 is 0 Å². The number of rotatable bonds is 2. The molecule has 0 heterocycles. The van der Waals surface area contributed by atoms with Crippen molar-refractivity contribution in [2.75, 3.05) is 0 Å². The molecule has 3 heteroatoms. The van der Waals surface area contributed by atoms with Crippen molar-refractivity contribution in [2.45, 2.75) is 6.92 Å². The van der Waals surface area contributed by atoms with E-state index in [4.69, 9.17) is 11.6 Å².